The summed E-state index contributed by atoms with van der Waals surface area (Å²) in [5, 5.41) is 11.8. The van der Waals surface area contributed by atoms with Gasteiger partial charge in [-0.15, -0.1) is 10.2 Å². The molecule has 0 fully saturated rings. The zero-order valence-corrected chi connectivity index (χ0v) is 29.7. The van der Waals surface area contributed by atoms with Crippen LogP contribution in [0, 0.1) is 10.2 Å². The molecule has 1 heterocycles. The van der Waals surface area contributed by atoms with E-state index in [-0.39, 0.29) is 5.75 Å². The molecule has 54 heavy (non-hydrogen) atoms. The minimum Gasteiger partial charge on any atom is -0.507 e. The Morgan fingerprint density at radius 2 is 0.611 bits per heavy atom. The molecule has 0 radical (unpaired) electrons. The van der Waals surface area contributed by atoms with E-state index in [0.29, 0.717) is 0 Å². The first kappa shape index (κ1) is 36.0. The first-order valence-electron chi connectivity index (χ1n) is 17.2. The Kier molecular flexibility index (Phi) is 10.7. The Bertz CT molecular complexity index is 2330. The average molecular weight is 728 g/mol. The number of pyridine rings is 1. The van der Waals surface area contributed by atoms with Crippen molar-refractivity contribution in [2.45, 2.75) is 0 Å². The molecule has 8 aromatic rings. The summed E-state index contributed by atoms with van der Waals surface area (Å²) in [7, 11) is -4.94. The molecule has 7 aromatic carbocycles. The zero-order valence-electron chi connectivity index (χ0n) is 29.0. The fraction of sp³-hybridized carbons (Fsp3) is 0. The Morgan fingerprint density at radius 3 is 0.963 bits per heavy atom. The molecule has 1 aromatic heterocycles. The number of benzene rings is 7. The summed E-state index contributed by atoms with van der Waals surface area (Å²) in [5.74, 6) is 0.263. The fourth-order valence-electron chi connectivity index (χ4n) is 6.59. The number of phenols is 1. The van der Waals surface area contributed by atoms with Crippen LogP contribution >= 0.6 is 0 Å². The molecule has 6 nitrogen and oxygen atoms in total. The largest absolute Gasteiger partial charge is 0.507 e. The SMILES string of the molecule is Oc1c(-c2ccccc2)cc(-[n+]2c(-c3ccccc3)cc(-c3ccc(-c4ccccc4)cc3)cc2-c2ccccc2)cc1-c1ccccc1.[O-][Cl+3]([O-])([O-])[O-]. The van der Waals surface area contributed by atoms with E-state index in [1.54, 1.807) is 0 Å². The Balaban J connectivity index is 0.000000846. The van der Waals surface area contributed by atoms with Gasteiger partial charge in [0.05, 0.1) is 0 Å². The molecule has 0 bridgehead atoms. The quantitative estimate of drug-likeness (QED) is 0.179. The van der Waals surface area contributed by atoms with Crippen molar-refractivity contribution in [3.05, 3.63) is 200 Å². The second-order valence-electron chi connectivity index (χ2n) is 12.5. The van der Waals surface area contributed by atoms with Crippen molar-refractivity contribution in [1.82, 2.24) is 0 Å². The van der Waals surface area contributed by atoms with E-state index in [1.807, 2.05) is 42.5 Å². The molecule has 8 rings (SSSR count). The molecule has 7 heteroatoms. The predicted octanol–water partition coefficient (Wildman–Crippen LogP) is 6.91. The normalized spacial score (nSPS) is 11.0. The molecule has 0 unspecified atom stereocenters. The van der Waals surface area contributed by atoms with E-state index in [4.69, 9.17) is 18.6 Å². The molecule has 0 atom stereocenters. The number of halogens is 1. The number of hydrogen-bond donors (Lipinski definition) is 1. The summed E-state index contributed by atoms with van der Waals surface area (Å²) in [6.45, 7) is 0. The molecule has 264 valence electrons. The van der Waals surface area contributed by atoms with Crippen molar-refractivity contribution < 1.29 is 38.6 Å². The standard InChI is InChI=1S/C47H33NO.ClHO4/c49-47-43(37-18-8-2-9-19-37)32-42(33-44(47)38-20-10-3-11-21-38)48-45(39-22-12-4-13-23-39)30-41(31-46(48)40-24-14-5-15-25-40)36-28-26-35(27-29-36)34-16-6-1-7-17-34;2-1(3,4)5/h1-33H;(H,2,3,4,5). The predicted molar refractivity (Wildman–Crippen MR) is 202 cm³/mol. The summed E-state index contributed by atoms with van der Waals surface area (Å²) >= 11 is 0. The Labute approximate surface area is 316 Å². The number of rotatable bonds is 7. The Hall–Kier alpha value is -6.38. The van der Waals surface area contributed by atoms with Crippen LogP contribution in [0.4, 0.5) is 0 Å². The molecule has 0 aliphatic rings. The van der Waals surface area contributed by atoms with Crippen molar-refractivity contribution in [1.29, 1.82) is 0 Å². The lowest BCUT2D eigenvalue weighted by Crippen LogP contribution is -2.68. The van der Waals surface area contributed by atoms with Crippen LogP contribution in [0.2, 0.25) is 0 Å². The maximum absolute atomic E-state index is 11.8. The fourth-order valence-corrected chi connectivity index (χ4v) is 6.59. The first-order valence-corrected chi connectivity index (χ1v) is 18.4. The van der Waals surface area contributed by atoms with Crippen LogP contribution < -0.4 is 23.2 Å². The van der Waals surface area contributed by atoms with Gasteiger partial charge in [0.25, 0.3) is 0 Å². The molecule has 0 saturated carbocycles. The van der Waals surface area contributed by atoms with Gasteiger partial charge in [0.2, 0.25) is 17.1 Å². The zero-order chi connectivity index (χ0) is 37.5. The molecule has 0 aliphatic heterocycles. The van der Waals surface area contributed by atoms with Crippen molar-refractivity contribution in [2.75, 3.05) is 0 Å². The average Bonchev–Trinajstić information content (AvgIpc) is 3.21. The van der Waals surface area contributed by atoms with Gasteiger partial charge in [-0.3, -0.25) is 0 Å². The summed E-state index contributed by atoms with van der Waals surface area (Å²) in [6.07, 6.45) is 0. The lowest BCUT2D eigenvalue weighted by molar-refractivity contribution is -2.00. The van der Waals surface area contributed by atoms with Gasteiger partial charge in [-0.1, -0.05) is 152 Å². The smallest absolute Gasteiger partial charge is 0.219 e. The first-order chi connectivity index (χ1) is 26.2. The van der Waals surface area contributed by atoms with Gasteiger partial charge in [-0.25, -0.2) is 18.6 Å². The summed E-state index contributed by atoms with van der Waals surface area (Å²) in [5.41, 5.74) is 13.4. The third-order valence-electron chi connectivity index (χ3n) is 9.05. The lowest BCUT2D eigenvalue weighted by atomic mass is 9.94. The molecule has 0 spiro atoms. The third-order valence-corrected chi connectivity index (χ3v) is 9.05. The van der Waals surface area contributed by atoms with Gasteiger partial charge in [-0.05, 0) is 57.6 Å². The minimum atomic E-state index is -4.94. The van der Waals surface area contributed by atoms with Crippen LogP contribution in [-0.2, 0) is 0 Å². The highest BCUT2D eigenvalue weighted by molar-refractivity contribution is 5.84. The van der Waals surface area contributed by atoms with Crippen LogP contribution in [0.25, 0.3) is 72.7 Å². The van der Waals surface area contributed by atoms with Crippen molar-refractivity contribution in [3.63, 3.8) is 0 Å². The molecule has 0 saturated heterocycles. The van der Waals surface area contributed by atoms with Crippen LogP contribution in [0.15, 0.2) is 200 Å². The number of phenolic OH excluding ortho intramolecular Hbond substituents is 1. The van der Waals surface area contributed by atoms with Crippen molar-refractivity contribution >= 4 is 0 Å². The molecule has 0 aliphatic carbocycles. The third kappa shape index (κ3) is 8.46. The molecular formula is C47H34ClNO5. The monoisotopic (exact) mass is 727 g/mol. The van der Waals surface area contributed by atoms with Crippen LogP contribution in [0.5, 0.6) is 5.75 Å². The maximum atomic E-state index is 11.8. The van der Waals surface area contributed by atoms with E-state index in [1.165, 1.54) is 11.1 Å². The molecule has 0 amide bonds. The maximum Gasteiger partial charge on any atom is 0.219 e. The summed E-state index contributed by atoms with van der Waals surface area (Å²) < 4.78 is 36.3. The van der Waals surface area contributed by atoms with E-state index in [9.17, 15) is 5.11 Å². The topological polar surface area (TPSA) is 116 Å². The van der Waals surface area contributed by atoms with Gasteiger partial charge in [0.1, 0.15) is 5.75 Å². The second-order valence-corrected chi connectivity index (χ2v) is 13.3. The molecule has 1 N–H and O–H groups in total. The number of aromatic nitrogens is 1. The highest BCUT2D eigenvalue weighted by Gasteiger charge is 2.27. The number of hydrogen-bond acceptors (Lipinski definition) is 5. The Morgan fingerprint density at radius 1 is 0.333 bits per heavy atom. The van der Waals surface area contributed by atoms with Crippen molar-refractivity contribution in [2.24, 2.45) is 0 Å². The highest BCUT2D eigenvalue weighted by Crippen LogP contribution is 2.41. The summed E-state index contributed by atoms with van der Waals surface area (Å²) in [4.78, 5) is 0. The second kappa shape index (κ2) is 16.1. The van der Waals surface area contributed by atoms with Gasteiger partial charge in [0.15, 0.2) is 0 Å². The van der Waals surface area contributed by atoms with E-state index in [0.717, 1.165) is 61.6 Å². The van der Waals surface area contributed by atoms with Gasteiger partial charge < -0.3 is 5.11 Å². The van der Waals surface area contributed by atoms with E-state index < -0.39 is 10.2 Å². The molecular weight excluding hydrogens is 694 g/mol. The van der Waals surface area contributed by atoms with Gasteiger partial charge in [-0.2, -0.15) is 4.57 Å². The summed E-state index contributed by atoms with van der Waals surface area (Å²) in [6, 6.07) is 69.5. The van der Waals surface area contributed by atoms with Crippen LogP contribution in [-0.4, -0.2) is 5.11 Å². The minimum absolute atomic E-state index is 0.263. The van der Waals surface area contributed by atoms with E-state index in [2.05, 4.69) is 162 Å². The van der Waals surface area contributed by atoms with Crippen LogP contribution in [0.3, 0.4) is 0 Å². The van der Waals surface area contributed by atoms with Crippen LogP contribution in [0.1, 0.15) is 0 Å². The van der Waals surface area contributed by atoms with Gasteiger partial charge >= 0.3 is 0 Å². The number of aromatic hydroxyl groups is 1. The van der Waals surface area contributed by atoms with E-state index >= 15 is 0 Å². The lowest BCUT2D eigenvalue weighted by Gasteiger charge is -2.17. The number of nitrogens with zero attached hydrogens (tertiary/aromatic N) is 1. The highest BCUT2D eigenvalue weighted by atomic mass is 35.7. The van der Waals surface area contributed by atoms with Gasteiger partial charge in [0, 0.05) is 46.5 Å². The van der Waals surface area contributed by atoms with Crippen molar-refractivity contribution in [3.8, 4) is 78.5 Å².